The van der Waals surface area contributed by atoms with E-state index in [0.29, 0.717) is 16.3 Å². The molecular formula is C19H22ClN3O2. The Bertz CT molecular complexity index is 763. The monoisotopic (exact) mass is 359 g/mol. The van der Waals surface area contributed by atoms with E-state index in [9.17, 15) is 9.59 Å². The van der Waals surface area contributed by atoms with Crippen molar-refractivity contribution in [1.82, 2.24) is 4.90 Å². The molecule has 0 saturated carbocycles. The molecule has 2 unspecified atom stereocenters. The molecule has 0 aliphatic rings. The van der Waals surface area contributed by atoms with Gasteiger partial charge in [-0.05, 0) is 23.8 Å². The van der Waals surface area contributed by atoms with Crippen molar-refractivity contribution in [2.75, 3.05) is 19.4 Å². The number of benzene rings is 2. The summed E-state index contributed by atoms with van der Waals surface area (Å²) in [4.78, 5) is 26.1. The molecule has 0 spiro atoms. The molecule has 2 atom stereocenters. The normalized spacial score (nSPS) is 13.0. The van der Waals surface area contributed by atoms with E-state index in [1.54, 1.807) is 39.2 Å². The minimum absolute atomic E-state index is 0.220. The van der Waals surface area contributed by atoms with Gasteiger partial charge in [-0.25, -0.2) is 0 Å². The molecule has 25 heavy (non-hydrogen) atoms. The topological polar surface area (TPSA) is 75.4 Å². The number of hydrogen-bond acceptors (Lipinski definition) is 3. The highest BCUT2D eigenvalue weighted by Gasteiger charge is 2.23. The maximum atomic E-state index is 12.5. The molecule has 0 bridgehead atoms. The van der Waals surface area contributed by atoms with Gasteiger partial charge in [-0.15, -0.1) is 0 Å². The summed E-state index contributed by atoms with van der Waals surface area (Å²) in [7, 11) is 3.29. The zero-order chi connectivity index (χ0) is 18.6. The number of carbonyl (C=O) groups is 2. The molecule has 0 fully saturated rings. The van der Waals surface area contributed by atoms with Crippen LogP contribution >= 0.6 is 11.6 Å². The van der Waals surface area contributed by atoms with Gasteiger partial charge in [0.25, 0.3) is 5.91 Å². The highest BCUT2D eigenvalue weighted by atomic mass is 35.5. The lowest BCUT2D eigenvalue weighted by Crippen LogP contribution is -2.30. The van der Waals surface area contributed by atoms with Gasteiger partial charge in [0.2, 0.25) is 5.91 Å². The first-order valence-corrected chi connectivity index (χ1v) is 8.31. The van der Waals surface area contributed by atoms with Crippen LogP contribution in [0.25, 0.3) is 0 Å². The number of halogens is 1. The first kappa shape index (κ1) is 19.0. The lowest BCUT2D eigenvalue weighted by atomic mass is 9.94. The summed E-state index contributed by atoms with van der Waals surface area (Å²) >= 11 is 6.08. The van der Waals surface area contributed by atoms with Crippen LogP contribution in [0.1, 0.15) is 28.9 Å². The van der Waals surface area contributed by atoms with Gasteiger partial charge in [0, 0.05) is 25.8 Å². The second-order valence-corrected chi connectivity index (χ2v) is 6.52. The van der Waals surface area contributed by atoms with Crippen molar-refractivity contribution in [2.24, 2.45) is 11.7 Å². The van der Waals surface area contributed by atoms with Gasteiger partial charge in [0.05, 0.1) is 16.5 Å². The molecular weight excluding hydrogens is 338 g/mol. The van der Waals surface area contributed by atoms with Crippen LogP contribution in [-0.4, -0.2) is 30.8 Å². The highest BCUT2D eigenvalue weighted by molar-refractivity contribution is 6.34. The third-order valence-corrected chi connectivity index (χ3v) is 4.34. The van der Waals surface area contributed by atoms with Crippen molar-refractivity contribution in [3.8, 4) is 0 Å². The molecule has 0 heterocycles. The maximum absolute atomic E-state index is 12.5. The average Bonchev–Trinajstić information content (AvgIpc) is 2.62. The van der Waals surface area contributed by atoms with Gasteiger partial charge < -0.3 is 16.0 Å². The minimum atomic E-state index is -0.439. The minimum Gasteiger partial charge on any atom is -0.345 e. The van der Waals surface area contributed by atoms with E-state index in [-0.39, 0.29) is 11.8 Å². The Balaban J connectivity index is 2.15. The SMILES string of the molecule is CC(C(=O)Nc1ccc(Cl)c(C(=O)N(C)C)c1)C(N)c1ccccc1. The third kappa shape index (κ3) is 4.59. The molecule has 2 rings (SSSR count). The van der Waals surface area contributed by atoms with Crippen LogP contribution in [0.3, 0.4) is 0 Å². The lowest BCUT2D eigenvalue weighted by molar-refractivity contribution is -0.120. The van der Waals surface area contributed by atoms with Crippen molar-refractivity contribution in [3.05, 3.63) is 64.7 Å². The summed E-state index contributed by atoms with van der Waals surface area (Å²) < 4.78 is 0. The quantitative estimate of drug-likeness (QED) is 0.859. The predicted octanol–water partition coefficient (Wildman–Crippen LogP) is 3.32. The van der Waals surface area contributed by atoms with Crippen molar-refractivity contribution < 1.29 is 9.59 Å². The van der Waals surface area contributed by atoms with E-state index in [0.717, 1.165) is 5.56 Å². The fourth-order valence-electron chi connectivity index (χ4n) is 2.39. The molecule has 3 N–H and O–H groups in total. The van der Waals surface area contributed by atoms with E-state index < -0.39 is 12.0 Å². The summed E-state index contributed by atoms with van der Waals surface area (Å²) in [6.07, 6.45) is 0. The zero-order valence-corrected chi connectivity index (χ0v) is 15.2. The van der Waals surface area contributed by atoms with Crippen LogP contribution in [0, 0.1) is 5.92 Å². The highest BCUT2D eigenvalue weighted by Crippen LogP contribution is 2.24. The molecule has 6 heteroatoms. The molecule has 2 amide bonds. The van der Waals surface area contributed by atoms with Crippen LogP contribution in [-0.2, 0) is 4.79 Å². The Morgan fingerprint density at radius 1 is 1.12 bits per heavy atom. The molecule has 0 radical (unpaired) electrons. The summed E-state index contributed by atoms with van der Waals surface area (Å²) in [5.74, 6) is -0.886. The Hall–Kier alpha value is -2.37. The van der Waals surface area contributed by atoms with Gasteiger partial charge in [-0.1, -0.05) is 48.9 Å². The van der Waals surface area contributed by atoms with Gasteiger partial charge in [0.15, 0.2) is 0 Å². The number of carbonyl (C=O) groups excluding carboxylic acids is 2. The average molecular weight is 360 g/mol. The molecule has 132 valence electrons. The number of nitrogens with one attached hydrogen (secondary N) is 1. The summed E-state index contributed by atoms with van der Waals surface area (Å²) in [5, 5.41) is 3.14. The molecule has 0 saturated heterocycles. The van der Waals surface area contributed by atoms with Gasteiger partial charge in [0.1, 0.15) is 0 Å². The first-order valence-electron chi connectivity index (χ1n) is 7.94. The Morgan fingerprint density at radius 2 is 1.76 bits per heavy atom. The largest absolute Gasteiger partial charge is 0.345 e. The van der Waals surface area contributed by atoms with Gasteiger partial charge in [-0.2, -0.15) is 0 Å². The number of amides is 2. The second-order valence-electron chi connectivity index (χ2n) is 6.11. The van der Waals surface area contributed by atoms with E-state index in [4.69, 9.17) is 17.3 Å². The molecule has 0 aliphatic heterocycles. The fourth-order valence-corrected chi connectivity index (χ4v) is 2.59. The predicted molar refractivity (Wildman–Crippen MR) is 101 cm³/mol. The number of nitrogens with zero attached hydrogens (tertiary/aromatic N) is 1. The lowest BCUT2D eigenvalue weighted by Gasteiger charge is -2.20. The summed E-state index contributed by atoms with van der Waals surface area (Å²) in [6, 6.07) is 13.9. The number of rotatable bonds is 5. The van der Waals surface area contributed by atoms with E-state index in [1.165, 1.54) is 4.90 Å². The van der Waals surface area contributed by atoms with Crippen LogP contribution in [0.2, 0.25) is 5.02 Å². The number of nitrogens with two attached hydrogens (primary N) is 1. The smallest absolute Gasteiger partial charge is 0.254 e. The van der Waals surface area contributed by atoms with E-state index >= 15 is 0 Å². The third-order valence-electron chi connectivity index (χ3n) is 4.01. The molecule has 0 aliphatic carbocycles. The Morgan fingerprint density at radius 3 is 2.36 bits per heavy atom. The van der Waals surface area contributed by atoms with Crippen molar-refractivity contribution >= 4 is 29.1 Å². The number of hydrogen-bond donors (Lipinski definition) is 2. The molecule has 2 aromatic carbocycles. The van der Waals surface area contributed by atoms with E-state index in [2.05, 4.69) is 5.32 Å². The van der Waals surface area contributed by atoms with Crippen molar-refractivity contribution in [2.45, 2.75) is 13.0 Å². The van der Waals surface area contributed by atoms with Crippen molar-refractivity contribution in [3.63, 3.8) is 0 Å². The molecule has 2 aromatic rings. The van der Waals surface area contributed by atoms with Gasteiger partial charge in [-0.3, -0.25) is 9.59 Å². The van der Waals surface area contributed by atoms with Crippen molar-refractivity contribution in [1.29, 1.82) is 0 Å². The fraction of sp³-hybridized carbons (Fsp3) is 0.263. The Labute approximate surface area is 152 Å². The number of anilines is 1. The summed E-state index contributed by atoms with van der Waals surface area (Å²) in [5.41, 5.74) is 7.93. The first-order chi connectivity index (χ1) is 11.8. The standard InChI is InChI=1S/C19H22ClN3O2/c1-12(17(21)13-7-5-4-6-8-13)18(24)22-14-9-10-16(20)15(11-14)19(25)23(2)3/h4-12,17H,21H2,1-3H3,(H,22,24). The van der Waals surface area contributed by atoms with Crippen LogP contribution in [0.5, 0.6) is 0 Å². The molecule has 5 nitrogen and oxygen atoms in total. The van der Waals surface area contributed by atoms with Crippen LogP contribution < -0.4 is 11.1 Å². The zero-order valence-electron chi connectivity index (χ0n) is 14.5. The second kappa shape index (κ2) is 8.14. The summed E-state index contributed by atoms with van der Waals surface area (Å²) in [6.45, 7) is 1.77. The maximum Gasteiger partial charge on any atom is 0.254 e. The van der Waals surface area contributed by atoms with E-state index in [1.807, 2.05) is 30.3 Å². The van der Waals surface area contributed by atoms with Crippen LogP contribution in [0.15, 0.2) is 48.5 Å². The van der Waals surface area contributed by atoms with Crippen LogP contribution in [0.4, 0.5) is 5.69 Å². The Kier molecular flexibility index (Phi) is 6.17. The van der Waals surface area contributed by atoms with Gasteiger partial charge >= 0.3 is 0 Å². The molecule has 0 aromatic heterocycles.